The molecular formula is C21H33IN6O2. The van der Waals surface area contributed by atoms with Crippen molar-refractivity contribution in [1.82, 2.24) is 25.4 Å². The molecule has 0 spiro atoms. The summed E-state index contributed by atoms with van der Waals surface area (Å²) in [6, 6.07) is 8.18. The minimum Gasteiger partial charge on any atom is -0.497 e. The first kappa shape index (κ1) is 24.4. The van der Waals surface area contributed by atoms with E-state index in [4.69, 9.17) is 14.5 Å². The van der Waals surface area contributed by atoms with Gasteiger partial charge in [0.05, 0.1) is 13.7 Å². The molecule has 8 nitrogen and oxygen atoms in total. The number of aliphatic imine (C=N–C) groups is 1. The van der Waals surface area contributed by atoms with Crippen LogP contribution in [0.25, 0.3) is 0 Å². The molecule has 0 amide bonds. The quantitative estimate of drug-likeness (QED) is 0.280. The highest BCUT2D eigenvalue weighted by molar-refractivity contribution is 14.0. The fourth-order valence-corrected chi connectivity index (χ4v) is 3.27. The number of aromatic nitrogens is 3. The Morgan fingerprint density at radius 1 is 1.27 bits per heavy atom. The fraction of sp³-hybridized carbons (Fsp3) is 0.571. The summed E-state index contributed by atoms with van der Waals surface area (Å²) in [5.74, 6) is 3.24. The first-order chi connectivity index (χ1) is 14.3. The second-order valence-electron chi connectivity index (χ2n) is 7.16. The van der Waals surface area contributed by atoms with Gasteiger partial charge in [-0.2, -0.15) is 0 Å². The zero-order chi connectivity index (χ0) is 20.3. The summed E-state index contributed by atoms with van der Waals surface area (Å²) in [5.41, 5.74) is 1.26. The Labute approximate surface area is 195 Å². The highest BCUT2D eigenvalue weighted by Gasteiger charge is 2.15. The van der Waals surface area contributed by atoms with Crippen LogP contribution < -0.4 is 15.4 Å². The van der Waals surface area contributed by atoms with Gasteiger partial charge in [0.25, 0.3) is 0 Å². The van der Waals surface area contributed by atoms with Crippen molar-refractivity contribution in [3.05, 3.63) is 42.0 Å². The lowest BCUT2D eigenvalue weighted by Crippen LogP contribution is -2.40. The minimum atomic E-state index is 0. The van der Waals surface area contributed by atoms with Gasteiger partial charge in [0.15, 0.2) is 5.96 Å². The number of methoxy groups -OCH3 is 1. The Bertz CT molecular complexity index is 759. The van der Waals surface area contributed by atoms with Crippen LogP contribution in [-0.4, -0.2) is 60.7 Å². The van der Waals surface area contributed by atoms with E-state index in [0.717, 1.165) is 76.2 Å². The normalized spacial score (nSPS) is 16.2. The number of nitrogens with zero attached hydrogens (tertiary/aromatic N) is 4. The van der Waals surface area contributed by atoms with Gasteiger partial charge < -0.3 is 24.7 Å². The van der Waals surface area contributed by atoms with Crippen molar-refractivity contribution in [2.24, 2.45) is 10.9 Å². The molecular weight excluding hydrogens is 495 g/mol. The summed E-state index contributed by atoms with van der Waals surface area (Å²) in [6.45, 7) is 6.91. The number of ether oxygens (including phenoxy) is 2. The molecule has 1 aromatic carbocycles. The number of guanidine groups is 1. The van der Waals surface area contributed by atoms with Gasteiger partial charge in [-0.05, 0) is 30.5 Å². The summed E-state index contributed by atoms with van der Waals surface area (Å²) in [4.78, 5) is 4.78. The molecule has 0 radical (unpaired) electrons. The summed E-state index contributed by atoms with van der Waals surface area (Å²) >= 11 is 0. The smallest absolute Gasteiger partial charge is 0.191 e. The molecule has 1 aliphatic rings. The van der Waals surface area contributed by atoms with Crippen LogP contribution in [0.5, 0.6) is 5.75 Å². The molecule has 1 atom stereocenters. The van der Waals surface area contributed by atoms with Gasteiger partial charge in [0.2, 0.25) is 0 Å². The van der Waals surface area contributed by atoms with Crippen LogP contribution in [-0.2, 0) is 24.1 Å². The van der Waals surface area contributed by atoms with Gasteiger partial charge in [-0.15, -0.1) is 34.2 Å². The highest BCUT2D eigenvalue weighted by Crippen LogP contribution is 2.12. The maximum atomic E-state index is 5.47. The van der Waals surface area contributed by atoms with Gasteiger partial charge in [0, 0.05) is 45.1 Å². The van der Waals surface area contributed by atoms with E-state index in [1.807, 2.05) is 12.1 Å². The lowest BCUT2D eigenvalue weighted by molar-refractivity contribution is 0.187. The third-order valence-electron chi connectivity index (χ3n) is 5.05. The topological polar surface area (TPSA) is 85.6 Å². The second kappa shape index (κ2) is 13.4. The molecule has 2 aromatic rings. The molecule has 0 bridgehead atoms. The third kappa shape index (κ3) is 7.75. The zero-order valence-corrected chi connectivity index (χ0v) is 20.2. The molecule has 30 heavy (non-hydrogen) atoms. The maximum Gasteiger partial charge on any atom is 0.191 e. The van der Waals surface area contributed by atoms with Crippen LogP contribution in [0.1, 0.15) is 24.7 Å². The predicted molar refractivity (Wildman–Crippen MR) is 129 cm³/mol. The molecule has 2 heterocycles. The van der Waals surface area contributed by atoms with Gasteiger partial charge in [-0.3, -0.25) is 4.99 Å². The van der Waals surface area contributed by atoms with Crippen LogP contribution in [0.4, 0.5) is 0 Å². The lowest BCUT2D eigenvalue weighted by Gasteiger charge is -2.14. The van der Waals surface area contributed by atoms with Crippen molar-refractivity contribution in [2.75, 3.05) is 40.0 Å². The van der Waals surface area contributed by atoms with E-state index in [2.05, 4.69) is 44.5 Å². The van der Waals surface area contributed by atoms with E-state index in [9.17, 15) is 0 Å². The van der Waals surface area contributed by atoms with Crippen LogP contribution >= 0.6 is 24.0 Å². The number of hydrogen-bond acceptors (Lipinski definition) is 5. The van der Waals surface area contributed by atoms with Crippen molar-refractivity contribution < 1.29 is 9.47 Å². The second-order valence-corrected chi connectivity index (χ2v) is 7.16. The molecule has 9 heteroatoms. The summed E-state index contributed by atoms with van der Waals surface area (Å²) < 4.78 is 12.8. The number of rotatable bonds is 10. The Kier molecular flexibility index (Phi) is 10.9. The maximum absolute atomic E-state index is 5.47. The Morgan fingerprint density at radius 2 is 2.07 bits per heavy atom. The average molecular weight is 528 g/mol. The number of aryl methyl sites for hydroxylation is 1. The molecule has 1 aromatic heterocycles. The van der Waals surface area contributed by atoms with E-state index in [1.165, 1.54) is 5.56 Å². The molecule has 166 valence electrons. The third-order valence-corrected chi connectivity index (χ3v) is 5.05. The molecule has 3 rings (SSSR count). The molecule has 1 aliphatic heterocycles. The van der Waals surface area contributed by atoms with Gasteiger partial charge in [0.1, 0.15) is 17.9 Å². The Balaban J connectivity index is 0.00000320. The first-order valence-corrected chi connectivity index (χ1v) is 10.4. The van der Waals surface area contributed by atoms with Crippen molar-refractivity contribution in [3.63, 3.8) is 0 Å². The Hall–Kier alpha value is -1.88. The van der Waals surface area contributed by atoms with E-state index >= 15 is 0 Å². The first-order valence-electron chi connectivity index (χ1n) is 10.4. The predicted octanol–water partition coefficient (Wildman–Crippen LogP) is 2.28. The SMILES string of the molecule is CCc1nncn1CCNC(=NCC1CCOC1)NCCc1ccc(OC)cc1.I. The van der Waals surface area contributed by atoms with E-state index < -0.39 is 0 Å². The number of nitrogens with one attached hydrogen (secondary N) is 2. The molecule has 0 saturated carbocycles. The molecule has 1 saturated heterocycles. The number of halogens is 1. The lowest BCUT2D eigenvalue weighted by atomic mass is 10.1. The zero-order valence-electron chi connectivity index (χ0n) is 17.8. The minimum absolute atomic E-state index is 0. The van der Waals surface area contributed by atoms with Gasteiger partial charge in [-0.25, -0.2) is 0 Å². The van der Waals surface area contributed by atoms with Crippen LogP contribution in [0.3, 0.4) is 0 Å². The standard InChI is InChI=1S/C21H32N6O2.HI/c1-3-20-26-25-16-27(20)12-11-23-21(24-14-18-9-13-29-15-18)22-10-8-17-4-6-19(28-2)7-5-17;/h4-7,16,18H,3,8-15H2,1-2H3,(H2,22,23,24);1H. The van der Waals surface area contributed by atoms with E-state index in [1.54, 1.807) is 13.4 Å². The largest absolute Gasteiger partial charge is 0.497 e. The van der Waals surface area contributed by atoms with E-state index in [0.29, 0.717) is 5.92 Å². The summed E-state index contributed by atoms with van der Waals surface area (Å²) in [6.07, 6.45) is 4.67. The van der Waals surface area contributed by atoms with Crippen molar-refractivity contribution >= 4 is 29.9 Å². The van der Waals surface area contributed by atoms with Crippen molar-refractivity contribution in [3.8, 4) is 5.75 Å². The van der Waals surface area contributed by atoms with Gasteiger partial charge >= 0.3 is 0 Å². The molecule has 1 fully saturated rings. The van der Waals surface area contributed by atoms with Crippen LogP contribution in [0.15, 0.2) is 35.6 Å². The highest BCUT2D eigenvalue weighted by atomic mass is 127. The van der Waals surface area contributed by atoms with E-state index in [-0.39, 0.29) is 24.0 Å². The molecule has 0 aliphatic carbocycles. The van der Waals surface area contributed by atoms with Gasteiger partial charge in [-0.1, -0.05) is 19.1 Å². The monoisotopic (exact) mass is 528 g/mol. The van der Waals surface area contributed by atoms with Crippen molar-refractivity contribution in [2.45, 2.75) is 32.7 Å². The Morgan fingerprint density at radius 3 is 2.77 bits per heavy atom. The van der Waals surface area contributed by atoms with Crippen molar-refractivity contribution in [1.29, 1.82) is 0 Å². The van der Waals surface area contributed by atoms with Crippen LogP contribution in [0.2, 0.25) is 0 Å². The summed E-state index contributed by atoms with van der Waals surface area (Å²) in [5, 5.41) is 15.0. The molecule has 1 unspecified atom stereocenters. The fourth-order valence-electron chi connectivity index (χ4n) is 3.27. The number of benzene rings is 1. The average Bonchev–Trinajstić information content (AvgIpc) is 3.44. The number of hydrogen-bond donors (Lipinski definition) is 2. The molecule has 2 N–H and O–H groups in total. The summed E-state index contributed by atoms with van der Waals surface area (Å²) in [7, 11) is 1.68. The van der Waals surface area contributed by atoms with Crippen LogP contribution in [0, 0.1) is 5.92 Å².